The van der Waals surface area contributed by atoms with Crippen LogP contribution in [0.2, 0.25) is 0 Å². The molecule has 0 aliphatic rings. The van der Waals surface area contributed by atoms with E-state index in [1.807, 2.05) is 30.3 Å². The largest absolute Gasteiger partial charge is 0.489 e. The minimum Gasteiger partial charge on any atom is -0.489 e. The molecule has 0 fully saturated rings. The molecule has 0 unspecified atom stereocenters. The van der Waals surface area contributed by atoms with E-state index in [0.717, 1.165) is 11.8 Å². The molecule has 3 rings (SSSR count). The summed E-state index contributed by atoms with van der Waals surface area (Å²) in [5.74, 6) is -0.536. The molecule has 0 aromatic heterocycles. The number of carbonyl (C=O) groups excluding carboxylic acids is 2. The van der Waals surface area contributed by atoms with Crippen molar-refractivity contribution < 1.29 is 22.7 Å². The lowest BCUT2D eigenvalue weighted by molar-refractivity contribution is 0.0846. The molecule has 0 heterocycles. The van der Waals surface area contributed by atoms with E-state index in [1.165, 1.54) is 24.3 Å². The van der Waals surface area contributed by atoms with E-state index < -0.39 is 21.7 Å². The molecule has 0 radical (unpaired) electrons. The first-order chi connectivity index (χ1) is 14.3. The van der Waals surface area contributed by atoms with Crippen molar-refractivity contribution in [3.63, 3.8) is 0 Å². The second kappa shape index (κ2) is 9.23. The van der Waals surface area contributed by atoms with E-state index in [-0.39, 0.29) is 10.5 Å². The molecule has 30 heavy (non-hydrogen) atoms. The highest BCUT2D eigenvalue weighted by Crippen LogP contribution is 2.14. The lowest BCUT2D eigenvalue weighted by Gasteiger charge is -2.09. The second-order valence-electron chi connectivity index (χ2n) is 6.51. The summed E-state index contributed by atoms with van der Waals surface area (Å²) in [6.45, 7) is 0.412. The number of benzene rings is 3. The van der Waals surface area contributed by atoms with Crippen LogP contribution in [0.5, 0.6) is 5.75 Å². The smallest absolute Gasteiger partial charge is 0.269 e. The van der Waals surface area contributed by atoms with E-state index >= 15 is 0 Å². The molecule has 3 aromatic rings. The predicted molar refractivity (Wildman–Crippen MR) is 112 cm³/mol. The van der Waals surface area contributed by atoms with Gasteiger partial charge in [-0.05, 0) is 48.0 Å². The number of sulfone groups is 1. The summed E-state index contributed by atoms with van der Waals surface area (Å²) in [6, 6.07) is 21.7. The Morgan fingerprint density at radius 3 is 2.07 bits per heavy atom. The highest BCUT2D eigenvalue weighted by molar-refractivity contribution is 7.90. The molecule has 2 amide bonds. The van der Waals surface area contributed by atoms with Crippen molar-refractivity contribution in [2.75, 3.05) is 6.26 Å². The number of hydrogen-bond acceptors (Lipinski definition) is 5. The molecule has 0 aliphatic heterocycles. The topological polar surface area (TPSA) is 102 Å². The van der Waals surface area contributed by atoms with Gasteiger partial charge in [-0.1, -0.05) is 36.4 Å². The standard InChI is InChI=1S/C22H20N2O5S/c1-30(27,28)20-9-5-8-18(14-20)22(26)24-23-21(25)17-10-12-19(13-11-17)29-15-16-6-3-2-4-7-16/h2-14H,15H2,1H3,(H,23,25)(H,24,26). The summed E-state index contributed by atoms with van der Waals surface area (Å²) >= 11 is 0. The first kappa shape index (κ1) is 21.1. The van der Waals surface area contributed by atoms with Gasteiger partial charge in [0.05, 0.1) is 4.90 Å². The molecule has 3 aromatic carbocycles. The molecular weight excluding hydrogens is 404 g/mol. The van der Waals surface area contributed by atoms with Crippen molar-refractivity contribution in [1.29, 1.82) is 0 Å². The molecule has 154 valence electrons. The van der Waals surface area contributed by atoms with Crippen LogP contribution in [0.4, 0.5) is 0 Å². The fraction of sp³-hybridized carbons (Fsp3) is 0.0909. The maximum absolute atomic E-state index is 12.2. The van der Waals surface area contributed by atoms with Gasteiger partial charge in [0.25, 0.3) is 11.8 Å². The lowest BCUT2D eigenvalue weighted by atomic mass is 10.2. The van der Waals surface area contributed by atoms with Gasteiger partial charge in [0.2, 0.25) is 0 Å². The van der Waals surface area contributed by atoms with Gasteiger partial charge in [-0.2, -0.15) is 0 Å². The highest BCUT2D eigenvalue weighted by Gasteiger charge is 2.13. The number of ether oxygens (including phenoxy) is 1. The number of amides is 2. The van der Waals surface area contributed by atoms with Crippen LogP contribution in [-0.2, 0) is 16.4 Å². The minimum atomic E-state index is -3.44. The van der Waals surface area contributed by atoms with Crippen molar-refractivity contribution in [3.8, 4) is 5.75 Å². The monoisotopic (exact) mass is 424 g/mol. The van der Waals surface area contributed by atoms with Crippen LogP contribution < -0.4 is 15.6 Å². The highest BCUT2D eigenvalue weighted by atomic mass is 32.2. The third-order valence-electron chi connectivity index (χ3n) is 4.18. The van der Waals surface area contributed by atoms with Crippen LogP contribution in [0.15, 0.2) is 83.8 Å². The van der Waals surface area contributed by atoms with Gasteiger partial charge in [0.1, 0.15) is 12.4 Å². The Labute approximate surface area is 174 Å². The van der Waals surface area contributed by atoms with E-state index in [4.69, 9.17) is 4.74 Å². The molecule has 8 heteroatoms. The summed E-state index contributed by atoms with van der Waals surface area (Å²) in [7, 11) is -3.44. The Morgan fingerprint density at radius 2 is 1.43 bits per heavy atom. The first-order valence-corrected chi connectivity index (χ1v) is 10.9. The van der Waals surface area contributed by atoms with Gasteiger partial charge in [0.15, 0.2) is 9.84 Å². The van der Waals surface area contributed by atoms with E-state index in [2.05, 4.69) is 10.9 Å². The molecule has 0 bridgehead atoms. The molecular formula is C22H20N2O5S. The molecule has 0 aliphatic carbocycles. The Morgan fingerprint density at radius 1 is 0.800 bits per heavy atom. The molecule has 7 nitrogen and oxygen atoms in total. The van der Waals surface area contributed by atoms with E-state index in [1.54, 1.807) is 24.3 Å². The SMILES string of the molecule is CS(=O)(=O)c1cccc(C(=O)NNC(=O)c2ccc(OCc3ccccc3)cc2)c1. The van der Waals surface area contributed by atoms with Crippen molar-refractivity contribution in [1.82, 2.24) is 10.9 Å². The minimum absolute atomic E-state index is 0.0209. The van der Waals surface area contributed by atoms with Gasteiger partial charge >= 0.3 is 0 Å². The average molecular weight is 424 g/mol. The molecule has 0 spiro atoms. The zero-order valence-electron chi connectivity index (χ0n) is 16.2. The molecule has 0 atom stereocenters. The second-order valence-corrected chi connectivity index (χ2v) is 8.52. The van der Waals surface area contributed by atoms with Crippen LogP contribution in [0.3, 0.4) is 0 Å². The van der Waals surface area contributed by atoms with Gasteiger partial charge in [-0.15, -0.1) is 0 Å². The Balaban J connectivity index is 1.55. The fourth-order valence-corrected chi connectivity index (χ4v) is 3.24. The number of hydrazine groups is 1. The summed E-state index contributed by atoms with van der Waals surface area (Å²) < 4.78 is 28.9. The first-order valence-electron chi connectivity index (χ1n) is 9.00. The van der Waals surface area contributed by atoms with Crippen LogP contribution in [0, 0.1) is 0 Å². The lowest BCUT2D eigenvalue weighted by Crippen LogP contribution is -2.41. The van der Waals surface area contributed by atoms with Crippen LogP contribution in [0.25, 0.3) is 0 Å². The quantitative estimate of drug-likeness (QED) is 0.593. The number of hydrogen-bond donors (Lipinski definition) is 2. The van der Waals surface area contributed by atoms with Crippen molar-refractivity contribution in [2.24, 2.45) is 0 Å². The zero-order valence-corrected chi connectivity index (χ0v) is 17.0. The summed E-state index contributed by atoms with van der Waals surface area (Å²) in [5, 5.41) is 0. The van der Waals surface area contributed by atoms with Crippen molar-refractivity contribution >= 4 is 21.7 Å². The van der Waals surface area contributed by atoms with Gasteiger partial charge in [-0.3, -0.25) is 20.4 Å². The van der Waals surface area contributed by atoms with Gasteiger partial charge in [0, 0.05) is 17.4 Å². The van der Waals surface area contributed by atoms with Crippen LogP contribution >= 0.6 is 0 Å². The normalized spacial score (nSPS) is 10.8. The van der Waals surface area contributed by atoms with Gasteiger partial charge < -0.3 is 4.74 Å². The summed E-state index contributed by atoms with van der Waals surface area (Å²) in [5.41, 5.74) is 6.05. The Bertz CT molecular complexity index is 1140. The number of nitrogens with one attached hydrogen (secondary N) is 2. The Hall–Kier alpha value is -3.65. The molecule has 2 N–H and O–H groups in total. The average Bonchev–Trinajstić information content (AvgIpc) is 2.76. The maximum atomic E-state index is 12.2. The summed E-state index contributed by atoms with van der Waals surface area (Å²) in [6.07, 6.45) is 1.05. The molecule has 0 saturated heterocycles. The summed E-state index contributed by atoms with van der Waals surface area (Å²) in [4.78, 5) is 24.4. The van der Waals surface area contributed by atoms with E-state index in [9.17, 15) is 18.0 Å². The van der Waals surface area contributed by atoms with Crippen LogP contribution in [-0.4, -0.2) is 26.5 Å². The maximum Gasteiger partial charge on any atom is 0.269 e. The predicted octanol–water partition coefficient (Wildman–Crippen LogP) is 2.74. The Kier molecular flexibility index (Phi) is 6.48. The van der Waals surface area contributed by atoms with E-state index in [0.29, 0.717) is 17.9 Å². The number of rotatable bonds is 6. The third kappa shape index (κ3) is 5.68. The van der Waals surface area contributed by atoms with Crippen molar-refractivity contribution in [3.05, 3.63) is 95.6 Å². The molecule has 0 saturated carbocycles. The van der Waals surface area contributed by atoms with Crippen LogP contribution in [0.1, 0.15) is 26.3 Å². The van der Waals surface area contributed by atoms with Gasteiger partial charge in [-0.25, -0.2) is 8.42 Å². The fourth-order valence-electron chi connectivity index (χ4n) is 2.57. The third-order valence-corrected chi connectivity index (χ3v) is 5.29. The number of carbonyl (C=O) groups is 2. The zero-order chi connectivity index (χ0) is 21.6. The van der Waals surface area contributed by atoms with Crippen molar-refractivity contribution in [2.45, 2.75) is 11.5 Å².